The summed E-state index contributed by atoms with van der Waals surface area (Å²) >= 11 is 11.5. The third kappa shape index (κ3) is 4.47. The fourth-order valence-corrected chi connectivity index (χ4v) is 1.44. The van der Waals surface area contributed by atoms with Crippen LogP contribution >= 0.6 is 23.2 Å². The molecule has 0 heterocycles. The number of carbonyl (C=O) groups excluding carboxylic acids is 2. The van der Waals surface area contributed by atoms with Gasteiger partial charge in [0.05, 0.1) is 17.2 Å². The topological polar surface area (TPSA) is 55.7 Å². The molecule has 1 aromatic rings. The molecule has 96 valence electrons. The first-order valence-corrected chi connectivity index (χ1v) is 5.83. The van der Waals surface area contributed by atoms with Crippen molar-refractivity contribution in [2.45, 2.75) is 6.42 Å². The van der Waals surface area contributed by atoms with Crippen LogP contribution in [0.25, 0.3) is 0 Å². The summed E-state index contributed by atoms with van der Waals surface area (Å²) in [5.41, 5.74) is 0.453. The zero-order valence-electron chi connectivity index (χ0n) is 9.65. The number of methoxy groups -OCH3 is 1. The van der Waals surface area contributed by atoms with Crippen LogP contribution in [0.15, 0.2) is 23.2 Å². The van der Waals surface area contributed by atoms with Crippen molar-refractivity contribution in [3.05, 3.63) is 33.8 Å². The Morgan fingerprint density at radius 1 is 1.33 bits per heavy atom. The molecule has 4 nitrogen and oxygen atoms in total. The molecule has 0 N–H and O–H groups in total. The van der Waals surface area contributed by atoms with Gasteiger partial charge in [-0.25, -0.2) is 0 Å². The maximum Gasteiger partial charge on any atom is 0.327 e. The van der Waals surface area contributed by atoms with Crippen molar-refractivity contribution in [3.63, 3.8) is 0 Å². The molecular formula is C12H11Cl2NO3. The van der Waals surface area contributed by atoms with E-state index in [9.17, 15) is 9.59 Å². The van der Waals surface area contributed by atoms with E-state index in [2.05, 4.69) is 9.73 Å². The minimum Gasteiger partial charge on any atom is -0.468 e. The molecular weight excluding hydrogens is 277 g/mol. The molecule has 0 saturated carbocycles. The molecule has 1 aromatic carbocycles. The third-order valence-electron chi connectivity index (χ3n) is 2.10. The van der Waals surface area contributed by atoms with Crippen molar-refractivity contribution in [1.82, 2.24) is 0 Å². The van der Waals surface area contributed by atoms with Gasteiger partial charge in [-0.3, -0.25) is 14.6 Å². The molecule has 6 heteroatoms. The number of halogens is 2. The van der Waals surface area contributed by atoms with Gasteiger partial charge in [0.2, 0.25) is 0 Å². The molecule has 0 aliphatic carbocycles. The molecule has 0 aliphatic rings. The molecule has 0 atom stereocenters. The van der Waals surface area contributed by atoms with Crippen molar-refractivity contribution in [2.24, 2.45) is 4.99 Å². The fraction of sp³-hybridized carbons (Fsp3) is 0.250. The molecule has 0 aromatic heterocycles. The van der Waals surface area contributed by atoms with Crippen molar-refractivity contribution < 1.29 is 14.3 Å². The normalized spacial score (nSPS) is 10.6. The molecule has 0 bridgehead atoms. The van der Waals surface area contributed by atoms with Crippen LogP contribution in [0.1, 0.15) is 16.8 Å². The number of carbonyl (C=O) groups is 2. The van der Waals surface area contributed by atoms with Crippen LogP contribution in [0.5, 0.6) is 0 Å². The lowest BCUT2D eigenvalue weighted by Gasteiger charge is -2.00. The van der Waals surface area contributed by atoms with Gasteiger partial charge in [0.15, 0.2) is 5.78 Å². The molecule has 0 unspecified atom stereocenters. The third-order valence-corrected chi connectivity index (χ3v) is 2.83. The molecule has 1 rings (SSSR count). The van der Waals surface area contributed by atoms with Crippen molar-refractivity contribution in [2.75, 3.05) is 13.7 Å². The summed E-state index contributed by atoms with van der Waals surface area (Å²) in [6.45, 7) is -0.0921. The number of nitrogens with zero attached hydrogens (tertiary/aromatic N) is 1. The first kappa shape index (κ1) is 14.7. The summed E-state index contributed by atoms with van der Waals surface area (Å²) < 4.78 is 4.40. The lowest BCUT2D eigenvalue weighted by atomic mass is 10.1. The van der Waals surface area contributed by atoms with Crippen LogP contribution in [0.2, 0.25) is 10.0 Å². The number of Topliss-reactive ketones (excluding diaryl/α,β-unsaturated/α-hetero) is 1. The van der Waals surface area contributed by atoms with Gasteiger partial charge in [-0.2, -0.15) is 0 Å². The van der Waals surface area contributed by atoms with E-state index in [4.69, 9.17) is 23.2 Å². The van der Waals surface area contributed by atoms with Crippen LogP contribution in [-0.4, -0.2) is 31.6 Å². The first-order valence-electron chi connectivity index (χ1n) is 5.08. The molecule has 0 amide bonds. The number of hydrogen-bond donors (Lipinski definition) is 0. The van der Waals surface area contributed by atoms with E-state index in [0.29, 0.717) is 15.6 Å². The van der Waals surface area contributed by atoms with E-state index >= 15 is 0 Å². The second-order valence-electron chi connectivity index (χ2n) is 3.36. The quantitative estimate of drug-likeness (QED) is 0.475. The van der Waals surface area contributed by atoms with Crippen LogP contribution in [0.3, 0.4) is 0 Å². The zero-order chi connectivity index (χ0) is 13.5. The smallest absolute Gasteiger partial charge is 0.327 e. The molecule has 0 spiro atoms. The highest BCUT2D eigenvalue weighted by atomic mass is 35.5. The van der Waals surface area contributed by atoms with Crippen molar-refractivity contribution >= 4 is 41.2 Å². The molecule has 0 fully saturated rings. The maximum absolute atomic E-state index is 11.7. The fourth-order valence-electron chi connectivity index (χ4n) is 1.14. The summed E-state index contributed by atoms with van der Waals surface area (Å²) in [5.74, 6) is -0.601. The van der Waals surface area contributed by atoms with Gasteiger partial charge in [-0.1, -0.05) is 23.2 Å². The number of ketones is 1. The van der Waals surface area contributed by atoms with E-state index in [1.165, 1.54) is 19.4 Å². The Kier molecular flexibility index (Phi) is 5.82. The first-order chi connectivity index (χ1) is 8.54. The number of rotatable bonds is 5. The minimum absolute atomic E-state index is 0.0921. The average molecular weight is 288 g/mol. The van der Waals surface area contributed by atoms with Crippen LogP contribution in [-0.2, 0) is 9.53 Å². The predicted molar refractivity (Wildman–Crippen MR) is 70.8 cm³/mol. The Morgan fingerprint density at radius 3 is 2.67 bits per heavy atom. The average Bonchev–Trinajstić information content (AvgIpc) is 2.37. The summed E-state index contributed by atoms with van der Waals surface area (Å²) in [6.07, 6.45) is 1.47. The van der Waals surface area contributed by atoms with Gasteiger partial charge in [-0.05, 0) is 18.2 Å². The predicted octanol–water partition coefficient (Wildman–Crippen LogP) is 2.81. The SMILES string of the molecule is COC(=O)CN=CCC(=O)c1ccc(Cl)c(Cl)c1. The Labute approximate surface area is 115 Å². The van der Waals surface area contributed by atoms with Gasteiger partial charge in [0, 0.05) is 18.2 Å². The molecule has 18 heavy (non-hydrogen) atoms. The van der Waals surface area contributed by atoms with Gasteiger partial charge >= 0.3 is 5.97 Å². The van der Waals surface area contributed by atoms with Crippen LogP contribution in [0.4, 0.5) is 0 Å². The van der Waals surface area contributed by atoms with E-state index in [-0.39, 0.29) is 18.7 Å². The van der Waals surface area contributed by atoms with E-state index in [1.807, 2.05) is 0 Å². The van der Waals surface area contributed by atoms with Gasteiger partial charge in [0.1, 0.15) is 6.54 Å². The lowest BCUT2D eigenvalue weighted by Crippen LogP contribution is -2.05. The number of ether oxygens (including phenoxy) is 1. The van der Waals surface area contributed by atoms with E-state index in [0.717, 1.165) is 0 Å². The van der Waals surface area contributed by atoms with Gasteiger partial charge in [-0.15, -0.1) is 0 Å². The molecule has 0 aliphatic heterocycles. The largest absolute Gasteiger partial charge is 0.468 e. The standard InChI is InChI=1S/C12H11Cl2NO3/c1-18-12(17)7-15-5-4-11(16)8-2-3-9(13)10(14)6-8/h2-3,5-6H,4,7H2,1H3. The maximum atomic E-state index is 11.7. The Morgan fingerprint density at radius 2 is 2.06 bits per heavy atom. The number of aliphatic imine (C=N–C) groups is 1. The van der Waals surface area contributed by atoms with Gasteiger partial charge < -0.3 is 4.74 Å². The summed E-state index contributed by atoms with van der Waals surface area (Å²) in [6, 6.07) is 4.65. The monoisotopic (exact) mass is 287 g/mol. The Balaban J connectivity index is 2.55. The highest BCUT2D eigenvalue weighted by molar-refractivity contribution is 6.42. The highest BCUT2D eigenvalue weighted by Crippen LogP contribution is 2.22. The van der Waals surface area contributed by atoms with E-state index < -0.39 is 5.97 Å². The van der Waals surface area contributed by atoms with Crippen LogP contribution in [0, 0.1) is 0 Å². The van der Waals surface area contributed by atoms with Crippen molar-refractivity contribution in [1.29, 1.82) is 0 Å². The highest BCUT2D eigenvalue weighted by Gasteiger charge is 2.06. The minimum atomic E-state index is -0.451. The summed E-state index contributed by atoms with van der Waals surface area (Å²) in [5, 5.41) is 0.724. The van der Waals surface area contributed by atoms with Crippen molar-refractivity contribution in [3.8, 4) is 0 Å². The second kappa shape index (κ2) is 7.13. The van der Waals surface area contributed by atoms with Crippen LogP contribution < -0.4 is 0 Å². The van der Waals surface area contributed by atoms with E-state index in [1.54, 1.807) is 12.1 Å². The Hall–Kier alpha value is -1.39. The second-order valence-corrected chi connectivity index (χ2v) is 4.17. The van der Waals surface area contributed by atoms with Gasteiger partial charge in [0.25, 0.3) is 0 Å². The lowest BCUT2D eigenvalue weighted by molar-refractivity contribution is -0.138. The molecule has 0 radical (unpaired) electrons. The summed E-state index contributed by atoms with van der Waals surface area (Å²) in [7, 11) is 1.28. The Bertz CT molecular complexity index is 486. The number of hydrogen-bond acceptors (Lipinski definition) is 4. The molecule has 0 saturated heterocycles. The zero-order valence-corrected chi connectivity index (χ0v) is 11.2. The number of esters is 1. The summed E-state index contributed by atoms with van der Waals surface area (Å²) in [4.78, 5) is 26.2. The number of benzene rings is 1.